The van der Waals surface area contributed by atoms with Gasteiger partial charge in [-0.3, -0.25) is 0 Å². The fourth-order valence-corrected chi connectivity index (χ4v) is 3.81. The highest BCUT2D eigenvalue weighted by atomic mass is 79.9. The van der Waals surface area contributed by atoms with E-state index < -0.39 is 0 Å². The number of ether oxygens (including phenoxy) is 2. The van der Waals surface area contributed by atoms with Crippen LogP contribution >= 0.6 is 38.9 Å². The lowest BCUT2D eigenvalue weighted by Crippen LogP contribution is -2.12. The lowest BCUT2D eigenvalue weighted by Gasteiger charge is -2.16. The average Bonchev–Trinajstić information content (AvgIpc) is 2.78. The summed E-state index contributed by atoms with van der Waals surface area (Å²) >= 11 is 11.4. The van der Waals surface area contributed by atoms with Crippen molar-refractivity contribution in [2.75, 3.05) is 14.2 Å². The quantitative estimate of drug-likeness (QED) is 0.852. The average molecular weight is 377 g/mol. The minimum Gasteiger partial charge on any atom is -0.493 e. The second-order valence-corrected chi connectivity index (χ2v) is 6.45. The van der Waals surface area contributed by atoms with Gasteiger partial charge in [0.25, 0.3) is 0 Å². The molecule has 0 radical (unpaired) electrons. The lowest BCUT2D eigenvalue weighted by atomic mass is 10.0. The normalized spacial score (nSPS) is 12.3. The predicted octanol–water partition coefficient (Wildman–Crippen LogP) is 4.54. The molecule has 0 fully saturated rings. The highest BCUT2D eigenvalue weighted by Crippen LogP contribution is 2.40. The zero-order chi connectivity index (χ0) is 14.9. The molecule has 0 amide bonds. The molecule has 0 aliphatic rings. The van der Waals surface area contributed by atoms with Gasteiger partial charge in [-0.15, -0.1) is 11.3 Å². The summed E-state index contributed by atoms with van der Waals surface area (Å²) in [5.41, 5.74) is 8.30. The van der Waals surface area contributed by atoms with Crippen LogP contribution in [0, 0.1) is 6.92 Å². The third-order valence-electron chi connectivity index (χ3n) is 3.05. The van der Waals surface area contributed by atoms with Crippen LogP contribution in [0.25, 0.3) is 0 Å². The van der Waals surface area contributed by atoms with Crippen LogP contribution in [0.3, 0.4) is 0 Å². The van der Waals surface area contributed by atoms with Gasteiger partial charge in [-0.1, -0.05) is 27.5 Å². The van der Waals surface area contributed by atoms with Gasteiger partial charge in [0.15, 0.2) is 11.5 Å². The van der Waals surface area contributed by atoms with Gasteiger partial charge in [0.05, 0.1) is 25.3 Å². The standard InChI is InChI=1S/C14H15BrClNO2S/c1-7-6-20-14(12(7)16)13(17)8-4-10(18-2)11(19-3)5-9(8)15/h4-6,13H,17H2,1-3H3. The molecule has 1 aromatic heterocycles. The number of hydrogen-bond donors (Lipinski definition) is 1. The van der Waals surface area contributed by atoms with Gasteiger partial charge in [0.2, 0.25) is 0 Å². The van der Waals surface area contributed by atoms with Gasteiger partial charge in [-0.2, -0.15) is 0 Å². The van der Waals surface area contributed by atoms with E-state index in [1.54, 1.807) is 25.6 Å². The Bertz CT molecular complexity index is 630. The van der Waals surface area contributed by atoms with E-state index >= 15 is 0 Å². The molecular formula is C14H15BrClNO2S. The highest BCUT2D eigenvalue weighted by Gasteiger charge is 2.20. The van der Waals surface area contributed by atoms with E-state index in [1.165, 1.54) is 0 Å². The van der Waals surface area contributed by atoms with E-state index in [4.69, 9.17) is 26.8 Å². The van der Waals surface area contributed by atoms with Gasteiger partial charge in [-0.25, -0.2) is 0 Å². The van der Waals surface area contributed by atoms with Crippen LogP contribution in [0.5, 0.6) is 11.5 Å². The van der Waals surface area contributed by atoms with Crippen molar-refractivity contribution < 1.29 is 9.47 Å². The van der Waals surface area contributed by atoms with Crippen molar-refractivity contribution >= 4 is 38.9 Å². The Morgan fingerprint density at radius 3 is 2.35 bits per heavy atom. The maximum atomic E-state index is 6.35. The Hall–Kier alpha value is -0.750. The lowest BCUT2D eigenvalue weighted by molar-refractivity contribution is 0.354. The Labute approximate surface area is 135 Å². The first-order chi connectivity index (χ1) is 9.49. The van der Waals surface area contributed by atoms with Crippen molar-refractivity contribution in [1.82, 2.24) is 0 Å². The first-order valence-electron chi connectivity index (χ1n) is 5.90. The van der Waals surface area contributed by atoms with Crippen molar-refractivity contribution in [3.05, 3.63) is 43.0 Å². The molecule has 1 unspecified atom stereocenters. The second kappa shape index (κ2) is 6.35. The summed E-state index contributed by atoms with van der Waals surface area (Å²) in [7, 11) is 3.20. The molecule has 0 bridgehead atoms. The molecule has 0 saturated carbocycles. The van der Waals surface area contributed by atoms with Gasteiger partial charge in [0, 0.05) is 9.35 Å². The van der Waals surface area contributed by atoms with Gasteiger partial charge in [-0.05, 0) is 35.6 Å². The summed E-state index contributed by atoms with van der Waals surface area (Å²) in [6.07, 6.45) is 0. The summed E-state index contributed by atoms with van der Waals surface area (Å²) in [4.78, 5) is 0.942. The smallest absolute Gasteiger partial charge is 0.161 e. The third-order valence-corrected chi connectivity index (χ3v) is 5.53. The summed E-state index contributed by atoms with van der Waals surface area (Å²) in [5, 5.41) is 2.73. The van der Waals surface area contributed by atoms with Crippen molar-refractivity contribution in [3.8, 4) is 11.5 Å². The van der Waals surface area contributed by atoms with E-state index in [-0.39, 0.29) is 6.04 Å². The van der Waals surface area contributed by atoms with E-state index in [9.17, 15) is 0 Å². The van der Waals surface area contributed by atoms with Crippen LogP contribution in [0.4, 0.5) is 0 Å². The van der Waals surface area contributed by atoms with Crippen LogP contribution < -0.4 is 15.2 Å². The largest absolute Gasteiger partial charge is 0.493 e. The number of rotatable bonds is 4. The number of thiophene rings is 1. The first-order valence-corrected chi connectivity index (χ1v) is 7.95. The molecule has 0 aliphatic heterocycles. The number of hydrogen-bond acceptors (Lipinski definition) is 4. The monoisotopic (exact) mass is 375 g/mol. The van der Waals surface area contributed by atoms with Gasteiger partial charge in [0.1, 0.15) is 0 Å². The fraction of sp³-hybridized carbons (Fsp3) is 0.286. The molecular weight excluding hydrogens is 362 g/mol. The van der Waals surface area contributed by atoms with Crippen molar-refractivity contribution in [3.63, 3.8) is 0 Å². The van der Waals surface area contributed by atoms with Crippen LogP contribution in [0.2, 0.25) is 5.02 Å². The molecule has 2 rings (SSSR count). The molecule has 3 nitrogen and oxygen atoms in total. The van der Waals surface area contributed by atoms with Crippen molar-refractivity contribution in [1.29, 1.82) is 0 Å². The molecule has 2 aromatic rings. The molecule has 6 heteroatoms. The number of halogens is 2. The number of benzene rings is 1. The maximum absolute atomic E-state index is 6.35. The summed E-state index contributed by atoms with van der Waals surface area (Å²) in [5.74, 6) is 1.30. The van der Waals surface area contributed by atoms with Gasteiger partial charge >= 0.3 is 0 Å². The topological polar surface area (TPSA) is 44.5 Å². The van der Waals surface area contributed by atoms with Crippen molar-refractivity contribution in [2.45, 2.75) is 13.0 Å². The molecule has 0 spiro atoms. The molecule has 0 saturated heterocycles. The maximum Gasteiger partial charge on any atom is 0.161 e. The van der Waals surface area contributed by atoms with Crippen LogP contribution in [0.1, 0.15) is 22.0 Å². The van der Waals surface area contributed by atoms with E-state index in [0.29, 0.717) is 11.5 Å². The number of aryl methyl sites for hydroxylation is 1. The summed E-state index contributed by atoms with van der Waals surface area (Å²) < 4.78 is 11.5. The summed E-state index contributed by atoms with van der Waals surface area (Å²) in [6, 6.07) is 3.41. The molecule has 2 N–H and O–H groups in total. The van der Waals surface area contributed by atoms with Crippen LogP contribution in [-0.2, 0) is 0 Å². The van der Waals surface area contributed by atoms with Crippen LogP contribution in [-0.4, -0.2) is 14.2 Å². The summed E-state index contributed by atoms with van der Waals surface area (Å²) in [6.45, 7) is 1.97. The van der Waals surface area contributed by atoms with E-state index in [1.807, 2.05) is 24.4 Å². The molecule has 1 heterocycles. The Morgan fingerprint density at radius 1 is 1.25 bits per heavy atom. The fourth-order valence-electron chi connectivity index (χ4n) is 1.91. The van der Waals surface area contributed by atoms with E-state index in [0.717, 1.165) is 25.5 Å². The molecule has 108 valence electrons. The minimum absolute atomic E-state index is 0.310. The SMILES string of the molecule is COc1cc(Br)c(C(N)c2scc(C)c2Cl)cc1OC. The van der Waals surface area contributed by atoms with Gasteiger partial charge < -0.3 is 15.2 Å². The first kappa shape index (κ1) is 15.6. The molecule has 1 atom stereocenters. The Kier molecular flexibility index (Phi) is 4.96. The highest BCUT2D eigenvalue weighted by molar-refractivity contribution is 9.10. The van der Waals surface area contributed by atoms with Crippen LogP contribution in [0.15, 0.2) is 22.0 Å². The molecule has 1 aromatic carbocycles. The zero-order valence-electron chi connectivity index (χ0n) is 11.4. The third kappa shape index (κ3) is 2.81. The minimum atomic E-state index is -0.310. The van der Waals surface area contributed by atoms with E-state index in [2.05, 4.69) is 15.9 Å². The molecule has 20 heavy (non-hydrogen) atoms. The number of methoxy groups -OCH3 is 2. The zero-order valence-corrected chi connectivity index (χ0v) is 14.5. The predicted molar refractivity (Wildman–Crippen MR) is 87.3 cm³/mol. The second-order valence-electron chi connectivity index (χ2n) is 4.30. The Morgan fingerprint density at radius 2 is 1.85 bits per heavy atom. The molecule has 0 aliphatic carbocycles. The Balaban J connectivity index is 2.49. The van der Waals surface area contributed by atoms with Crippen molar-refractivity contribution in [2.24, 2.45) is 5.73 Å². The number of nitrogens with two attached hydrogens (primary N) is 1.